The molecular weight excluding hydrogens is 307 g/mol. The predicted octanol–water partition coefficient (Wildman–Crippen LogP) is 3.13. The number of likely N-dealkylation sites (tertiary alicyclic amines) is 1. The van der Waals surface area contributed by atoms with Gasteiger partial charge >= 0.3 is 5.97 Å². The summed E-state index contributed by atoms with van der Waals surface area (Å²) in [6.07, 6.45) is 5.45. The summed E-state index contributed by atoms with van der Waals surface area (Å²) >= 11 is 0. The summed E-state index contributed by atoms with van der Waals surface area (Å²) in [5.74, 6) is -1.08. The molecule has 2 aromatic rings. The zero-order valence-corrected chi connectivity index (χ0v) is 13.5. The summed E-state index contributed by atoms with van der Waals surface area (Å²) in [4.78, 5) is 18.3. The van der Waals surface area contributed by atoms with E-state index >= 15 is 0 Å². The lowest BCUT2D eigenvalue weighted by molar-refractivity contribution is -0.152. The number of carboxylic acid groups (broad SMARTS) is 1. The molecule has 2 heterocycles. The summed E-state index contributed by atoms with van der Waals surface area (Å²) in [7, 11) is 0. The molecule has 0 aliphatic carbocycles. The Morgan fingerprint density at radius 3 is 2.71 bits per heavy atom. The highest BCUT2D eigenvalue weighted by Crippen LogP contribution is 2.34. The molecule has 1 aliphatic heterocycles. The SMILES string of the molecule is O=C(O)[C@@]1(Cc2ccc(F)cc2)CCCN(Cc2cccnc2)C1. The number of rotatable bonds is 5. The quantitative estimate of drug-likeness (QED) is 0.916. The van der Waals surface area contributed by atoms with Gasteiger partial charge in [0.1, 0.15) is 5.82 Å². The first-order valence-electron chi connectivity index (χ1n) is 8.16. The maximum Gasteiger partial charge on any atom is 0.311 e. The first kappa shape index (κ1) is 16.6. The molecule has 1 fully saturated rings. The smallest absolute Gasteiger partial charge is 0.311 e. The van der Waals surface area contributed by atoms with E-state index in [1.54, 1.807) is 18.3 Å². The lowest BCUT2D eigenvalue weighted by atomic mass is 9.75. The number of hydrogen-bond acceptors (Lipinski definition) is 3. The molecule has 5 heteroatoms. The van der Waals surface area contributed by atoms with Gasteiger partial charge in [0.05, 0.1) is 5.41 Å². The van der Waals surface area contributed by atoms with Gasteiger partial charge < -0.3 is 5.11 Å². The molecule has 4 nitrogen and oxygen atoms in total. The number of benzene rings is 1. The van der Waals surface area contributed by atoms with Gasteiger partial charge in [0.2, 0.25) is 0 Å². The van der Waals surface area contributed by atoms with Crippen LogP contribution in [0.2, 0.25) is 0 Å². The van der Waals surface area contributed by atoms with Crippen LogP contribution in [0.15, 0.2) is 48.8 Å². The van der Waals surface area contributed by atoms with Crippen LogP contribution in [0.5, 0.6) is 0 Å². The fourth-order valence-electron chi connectivity index (χ4n) is 3.50. The zero-order valence-electron chi connectivity index (χ0n) is 13.5. The number of piperidine rings is 1. The summed E-state index contributed by atoms with van der Waals surface area (Å²) in [5, 5.41) is 9.88. The third-order valence-electron chi connectivity index (χ3n) is 4.69. The lowest BCUT2D eigenvalue weighted by Gasteiger charge is -2.40. The maximum absolute atomic E-state index is 13.1. The summed E-state index contributed by atoms with van der Waals surface area (Å²) in [6, 6.07) is 10.0. The van der Waals surface area contributed by atoms with Crippen molar-refractivity contribution in [2.24, 2.45) is 5.41 Å². The Morgan fingerprint density at radius 2 is 2.04 bits per heavy atom. The molecule has 0 radical (unpaired) electrons. The van der Waals surface area contributed by atoms with Crippen LogP contribution in [0.3, 0.4) is 0 Å². The monoisotopic (exact) mass is 328 g/mol. The first-order valence-corrected chi connectivity index (χ1v) is 8.16. The molecule has 1 aromatic heterocycles. The van der Waals surface area contributed by atoms with Crippen molar-refractivity contribution in [1.82, 2.24) is 9.88 Å². The number of halogens is 1. The van der Waals surface area contributed by atoms with Crippen molar-refractivity contribution in [2.75, 3.05) is 13.1 Å². The van der Waals surface area contributed by atoms with E-state index in [0.29, 0.717) is 25.9 Å². The van der Waals surface area contributed by atoms with Crippen LogP contribution in [-0.2, 0) is 17.8 Å². The lowest BCUT2D eigenvalue weighted by Crippen LogP contribution is -2.48. The topological polar surface area (TPSA) is 53.4 Å². The van der Waals surface area contributed by atoms with Crippen LogP contribution in [0, 0.1) is 11.2 Å². The molecule has 126 valence electrons. The van der Waals surface area contributed by atoms with Crippen LogP contribution >= 0.6 is 0 Å². The molecule has 1 aromatic carbocycles. The fourth-order valence-corrected chi connectivity index (χ4v) is 3.50. The second-order valence-electron chi connectivity index (χ2n) is 6.56. The summed E-state index contributed by atoms with van der Waals surface area (Å²) in [6.45, 7) is 2.08. The molecule has 0 amide bonds. The molecule has 1 aliphatic rings. The van der Waals surface area contributed by atoms with Crippen LogP contribution in [0.4, 0.5) is 4.39 Å². The molecule has 24 heavy (non-hydrogen) atoms. The number of hydrogen-bond donors (Lipinski definition) is 1. The van der Waals surface area contributed by atoms with Crippen molar-refractivity contribution >= 4 is 5.97 Å². The predicted molar refractivity (Wildman–Crippen MR) is 88.9 cm³/mol. The largest absolute Gasteiger partial charge is 0.481 e. The van der Waals surface area contributed by atoms with Crippen LogP contribution in [0.1, 0.15) is 24.0 Å². The average molecular weight is 328 g/mol. The van der Waals surface area contributed by atoms with Gasteiger partial charge in [0.25, 0.3) is 0 Å². The van der Waals surface area contributed by atoms with E-state index in [-0.39, 0.29) is 5.82 Å². The van der Waals surface area contributed by atoms with E-state index in [2.05, 4.69) is 9.88 Å². The Bertz CT molecular complexity index is 690. The number of carboxylic acids is 1. The minimum Gasteiger partial charge on any atom is -0.481 e. The number of carbonyl (C=O) groups is 1. The number of aliphatic carboxylic acids is 1. The van der Waals surface area contributed by atoms with Gasteiger partial charge in [0, 0.05) is 25.5 Å². The Morgan fingerprint density at radius 1 is 1.25 bits per heavy atom. The van der Waals surface area contributed by atoms with Crippen LogP contribution < -0.4 is 0 Å². The van der Waals surface area contributed by atoms with Gasteiger partial charge in [-0.2, -0.15) is 0 Å². The normalized spacial score (nSPS) is 21.5. The van der Waals surface area contributed by atoms with Gasteiger partial charge in [-0.05, 0) is 55.1 Å². The third-order valence-corrected chi connectivity index (χ3v) is 4.69. The van der Waals surface area contributed by atoms with E-state index in [0.717, 1.165) is 24.1 Å². The highest BCUT2D eigenvalue weighted by atomic mass is 19.1. The van der Waals surface area contributed by atoms with E-state index < -0.39 is 11.4 Å². The van der Waals surface area contributed by atoms with Gasteiger partial charge in [-0.3, -0.25) is 14.7 Å². The standard InChI is InChI=1S/C19H21FN2O2/c20-17-6-4-15(5-7-17)11-19(18(23)24)8-2-10-22(14-19)13-16-3-1-9-21-12-16/h1,3-7,9,12H,2,8,10-11,13-14H2,(H,23,24)/t19-/m1/s1. The molecular formula is C19H21FN2O2. The number of aromatic nitrogens is 1. The van der Waals surface area contributed by atoms with Crippen molar-refractivity contribution in [3.05, 3.63) is 65.7 Å². The van der Waals surface area contributed by atoms with Crippen molar-refractivity contribution in [3.63, 3.8) is 0 Å². The van der Waals surface area contributed by atoms with Crippen molar-refractivity contribution in [2.45, 2.75) is 25.8 Å². The summed E-state index contributed by atoms with van der Waals surface area (Å²) < 4.78 is 13.1. The highest BCUT2D eigenvalue weighted by molar-refractivity contribution is 5.75. The molecule has 0 unspecified atom stereocenters. The van der Waals surface area contributed by atoms with Gasteiger partial charge in [0.15, 0.2) is 0 Å². The summed E-state index contributed by atoms with van der Waals surface area (Å²) in [5.41, 5.74) is 1.13. The molecule has 1 saturated heterocycles. The van der Waals surface area contributed by atoms with E-state index in [1.807, 2.05) is 18.3 Å². The molecule has 1 atom stereocenters. The highest BCUT2D eigenvalue weighted by Gasteiger charge is 2.42. The first-order chi connectivity index (χ1) is 11.6. The molecule has 1 N–H and O–H groups in total. The Kier molecular flexibility index (Phi) is 4.90. The Hall–Kier alpha value is -2.27. The average Bonchev–Trinajstić information content (AvgIpc) is 2.58. The van der Waals surface area contributed by atoms with Crippen LogP contribution in [-0.4, -0.2) is 34.0 Å². The number of nitrogens with zero attached hydrogens (tertiary/aromatic N) is 2. The Labute approximate surface area is 141 Å². The Balaban J connectivity index is 1.76. The minimum atomic E-state index is -0.821. The molecule has 0 spiro atoms. The zero-order chi connectivity index (χ0) is 17.0. The molecule has 3 rings (SSSR count). The van der Waals surface area contributed by atoms with E-state index in [1.165, 1.54) is 12.1 Å². The maximum atomic E-state index is 13.1. The van der Waals surface area contributed by atoms with E-state index in [9.17, 15) is 14.3 Å². The molecule has 0 bridgehead atoms. The van der Waals surface area contributed by atoms with Gasteiger partial charge in [-0.25, -0.2) is 4.39 Å². The van der Waals surface area contributed by atoms with Crippen molar-refractivity contribution in [1.29, 1.82) is 0 Å². The van der Waals surface area contributed by atoms with Crippen LogP contribution in [0.25, 0.3) is 0 Å². The van der Waals surface area contributed by atoms with Gasteiger partial charge in [-0.1, -0.05) is 18.2 Å². The van der Waals surface area contributed by atoms with Crippen molar-refractivity contribution in [3.8, 4) is 0 Å². The fraction of sp³-hybridized carbons (Fsp3) is 0.368. The van der Waals surface area contributed by atoms with E-state index in [4.69, 9.17) is 0 Å². The second kappa shape index (κ2) is 7.09. The second-order valence-corrected chi connectivity index (χ2v) is 6.56. The van der Waals surface area contributed by atoms with Crippen molar-refractivity contribution < 1.29 is 14.3 Å². The number of pyridine rings is 1. The minimum absolute atomic E-state index is 0.301. The molecule has 0 saturated carbocycles. The van der Waals surface area contributed by atoms with Gasteiger partial charge in [-0.15, -0.1) is 0 Å². The third kappa shape index (κ3) is 3.79.